The SMILES string of the molecule is C1CCCC1.C=CS(=O)(=O)N(Cc1ccc(C(=O)OC)cc1)c1ccccc1.COC(=O)c1ccc(CN(c2ccccc2)S(=O)(=O)CCN2CCCC2)cc1. The predicted molar refractivity (Wildman–Crippen MR) is 222 cm³/mol. The van der Waals surface area contributed by atoms with E-state index in [1.165, 1.54) is 54.9 Å². The number of methoxy groups -OCH3 is 2. The van der Waals surface area contributed by atoms with E-state index in [-0.39, 0.29) is 18.8 Å². The topological polar surface area (TPSA) is 131 Å². The van der Waals surface area contributed by atoms with Gasteiger partial charge in [-0.1, -0.05) is 99.3 Å². The van der Waals surface area contributed by atoms with Gasteiger partial charge in [0.05, 0.1) is 55.6 Å². The fourth-order valence-corrected chi connectivity index (χ4v) is 8.68. The normalized spacial score (nSPS) is 14.0. The Morgan fingerprint density at radius 1 is 0.607 bits per heavy atom. The fraction of sp³-hybridized carbons (Fsp3) is 0.349. The number of sulfonamides is 2. The summed E-state index contributed by atoms with van der Waals surface area (Å²) >= 11 is 0. The van der Waals surface area contributed by atoms with Crippen LogP contribution < -0.4 is 8.61 Å². The van der Waals surface area contributed by atoms with Gasteiger partial charge in [-0.3, -0.25) is 8.61 Å². The van der Waals surface area contributed by atoms with E-state index in [0.29, 0.717) is 29.0 Å². The molecule has 0 amide bonds. The van der Waals surface area contributed by atoms with Crippen molar-refractivity contribution in [3.63, 3.8) is 0 Å². The second-order valence-corrected chi connectivity index (χ2v) is 17.2. The van der Waals surface area contributed by atoms with E-state index in [1.807, 2.05) is 24.3 Å². The molecule has 0 atom stereocenters. The quantitative estimate of drug-likeness (QED) is 0.117. The molecule has 1 aliphatic carbocycles. The number of para-hydroxylation sites is 2. The van der Waals surface area contributed by atoms with Crippen molar-refractivity contribution in [1.82, 2.24) is 4.90 Å². The van der Waals surface area contributed by atoms with Crippen LogP contribution in [0.5, 0.6) is 0 Å². The van der Waals surface area contributed by atoms with Crippen LogP contribution in [0.15, 0.2) is 121 Å². The minimum absolute atomic E-state index is 0.0855. The number of benzene rings is 4. The molecule has 6 rings (SSSR count). The molecular formula is C43H53N3O8S2. The van der Waals surface area contributed by atoms with Crippen LogP contribution >= 0.6 is 0 Å². The van der Waals surface area contributed by atoms with Gasteiger partial charge in [0.15, 0.2) is 0 Å². The van der Waals surface area contributed by atoms with E-state index in [9.17, 15) is 26.4 Å². The molecule has 4 aromatic carbocycles. The van der Waals surface area contributed by atoms with E-state index in [1.54, 1.807) is 84.9 Å². The summed E-state index contributed by atoms with van der Waals surface area (Å²) < 4.78 is 62.9. The third-order valence-corrected chi connectivity index (χ3v) is 12.5. The zero-order valence-electron chi connectivity index (χ0n) is 32.3. The van der Waals surface area contributed by atoms with Crippen molar-refractivity contribution in [3.05, 3.63) is 143 Å². The molecular weight excluding hydrogens is 751 g/mol. The van der Waals surface area contributed by atoms with Crippen molar-refractivity contribution < 1.29 is 35.9 Å². The summed E-state index contributed by atoms with van der Waals surface area (Å²) in [7, 11) is -4.49. The van der Waals surface area contributed by atoms with Crippen molar-refractivity contribution in [2.75, 3.05) is 48.2 Å². The molecule has 56 heavy (non-hydrogen) atoms. The number of nitrogens with zero attached hydrogens (tertiary/aromatic N) is 3. The van der Waals surface area contributed by atoms with Gasteiger partial charge in [-0.05, 0) is 85.6 Å². The van der Waals surface area contributed by atoms with Crippen molar-refractivity contribution in [2.24, 2.45) is 0 Å². The highest BCUT2D eigenvalue weighted by Crippen LogP contribution is 2.24. The Labute approximate surface area is 332 Å². The van der Waals surface area contributed by atoms with Crippen molar-refractivity contribution in [2.45, 2.75) is 58.0 Å². The van der Waals surface area contributed by atoms with Crippen LogP contribution in [-0.4, -0.2) is 73.3 Å². The number of hydrogen-bond acceptors (Lipinski definition) is 9. The molecule has 0 bridgehead atoms. The Kier molecular flexibility index (Phi) is 17.1. The van der Waals surface area contributed by atoms with Crippen LogP contribution in [0.1, 0.15) is 76.8 Å². The maximum absolute atomic E-state index is 13.1. The molecule has 300 valence electrons. The van der Waals surface area contributed by atoms with Gasteiger partial charge in [0.2, 0.25) is 10.0 Å². The van der Waals surface area contributed by atoms with Crippen molar-refractivity contribution in [1.29, 1.82) is 0 Å². The molecule has 0 spiro atoms. The lowest BCUT2D eigenvalue weighted by Gasteiger charge is -2.26. The maximum Gasteiger partial charge on any atom is 0.337 e. The van der Waals surface area contributed by atoms with Crippen molar-refractivity contribution in [3.8, 4) is 0 Å². The number of anilines is 2. The summed E-state index contributed by atoms with van der Waals surface area (Å²) in [5.41, 5.74) is 3.59. The molecule has 0 N–H and O–H groups in total. The molecule has 2 aliphatic rings. The first-order valence-corrected chi connectivity index (χ1v) is 21.9. The number of carbonyl (C=O) groups excluding carboxylic acids is 2. The molecule has 4 aromatic rings. The van der Waals surface area contributed by atoms with Crippen LogP contribution in [-0.2, 0) is 42.6 Å². The smallest absolute Gasteiger partial charge is 0.337 e. The Balaban J connectivity index is 0.000000224. The lowest BCUT2D eigenvalue weighted by Crippen LogP contribution is -2.37. The summed E-state index contributed by atoms with van der Waals surface area (Å²) in [6.45, 7) is 6.22. The summed E-state index contributed by atoms with van der Waals surface area (Å²) in [5.74, 6) is -0.762. The number of ether oxygens (including phenoxy) is 2. The van der Waals surface area contributed by atoms with E-state index in [4.69, 9.17) is 4.74 Å². The molecule has 2 fully saturated rings. The van der Waals surface area contributed by atoms with Gasteiger partial charge in [-0.15, -0.1) is 0 Å². The molecule has 1 aliphatic heterocycles. The second kappa shape index (κ2) is 21.9. The number of likely N-dealkylation sites (tertiary alicyclic amines) is 1. The zero-order chi connectivity index (χ0) is 40.4. The highest BCUT2D eigenvalue weighted by Gasteiger charge is 2.25. The van der Waals surface area contributed by atoms with Crippen LogP contribution in [0.25, 0.3) is 0 Å². The minimum Gasteiger partial charge on any atom is -0.465 e. The molecule has 0 unspecified atom stereocenters. The lowest BCUT2D eigenvalue weighted by atomic mass is 10.1. The van der Waals surface area contributed by atoms with E-state index in [2.05, 4.69) is 16.2 Å². The van der Waals surface area contributed by atoms with E-state index < -0.39 is 32.0 Å². The molecule has 0 aromatic heterocycles. The molecule has 0 radical (unpaired) electrons. The lowest BCUT2D eigenvalue weighted by molar-refractivity contribution is 0.0592. The van der Waals surface area contributed by atoms with Crippen molar-refractivity contribution >= 4 is 43.4 Å². The number of carbonyl (C=O) groups is 2. The zero-order valence-corrected chi connectivity index (χ0v) is 33.9. The first-order valence-electron chi connectivity index (χ1n) is 18.8. The Morgan fingerprint density at radius 2 is 1.00 bits per heavy atom. The summed E-state index contributed by atoms with van der Waals surface area (Å²) in [6.07, 6.45) is 9.77. The number of hydrogen-bond donors (Lipinski definition) is 0. The minimum atomic E-state index is -3.64. The van der Waals surface area contributed by atoms with E-state index >= 15 is 0 Å². The molecule has 11 nitrogen and oxygen atoms in total. The van der Waals surface area contributed by atoms with Gasteiger partial charge in [0, 0.05) is 12.0 Å². The van der Waals surface area contributed by atoms with Gasteiger partial charge < -0.3 is 14.4 Å². The first kappa shape index (κ1) is 43.7. The van der Waals surface area contributed by atoms with Crippen LogP contribution in [0.3, 0.4) is 0 Å². The number of esters is 2. The van der Waals surface area contributed by atoms with Crippen LogP contribution in [0.2, 0.25) is 0 Å². The van der Waals surface area contributed by atoms with Crippen LogP contribution in [0, 0.1) is 0 Å². The Morgan fingerprint density at radius 3 is 1.39 bits per heavy atom. The second-order valence-electron chi connectivity index (χ2n) is 13.4. The summed E-state index contributed by atoms with van der Waals surface area (Å²) in [5, 5.41) is 0.919. The Hall–Kier alpha value is -4.98. The highest BCUT2D eigenvalue weighted by molar-refractivity contribution is 7.95. The highest BCUT2D eigenvalue weighted by atomic mass is 32.2. The van der Waals surface area contributed by atoms with Gasteiger partial charge >= 0.3 is 11.9 Å². The first-order chi connectivity index (χ1) is 27.0. The monoisotopic (exact) mass is 803 g/mol. The molecule has 13 heteroatoms. The Bertz CT molecular complexity index is 2030. The largest absolute Gasteiger partial charge is 0.465 e. The summed E-state index contributed by atoms with van der Waals surface area (Å²) in [4.78, 5) is 25.2. The molecule has 1 saturated heterocycles. The summed E-state index contributed by atoms with van der Waals surface area (Å²) in [6, 6.07) is 31.3. The maximum atomic E-state index is 13.1. The fourth-order valence-electron chi connectivity index (χ4n) is 6.26. The van der Waals surface area contributed by atoms with Gasteiger partial charge in [0.1, 0.15) is 0 Å². The molecule has 1 saturated carbocycles. The average Bonchev–Trinajstić information content (AvgIpc) is 4.01. The van der Waals surface area contributed by atoms with Crippen LogP contribution in [0.4, 0.5) is 11.4 Å². The molecule has 1 heterocycles. The average molecular weight is 804 g/mol. The third-order valence-electron chi connectivity index (χ3n) is 9.46. The van der Waals surface area contributed by atoms with E-state index in [0.717, 1.165) is 42.5 Å². The predicted octanol–water partition coefficient (Wildman–Crippen LogP) is 7.81. The number of rotatable bonds is 14. The van der Waals surface area contributed by atoms with Gasteiger partial charge in [0.25, 0.3) is 10.0 Å². The van der Waals surface area contributed by atoms with Gasteiger partial charge in [-0.25, -0.2) is 26.4 Å². The third kappa shape index (κ3) is 13.3. The standard InChI is InChI=1S/C21H26N2O4S.C17H17NO4S.C5H10/c1-27-21(24)19-11-9-18(10-12-19)17-23(20-7-3-2-4-8-20)28(25,26)16-15-22-13-5-6-14-22;1-3-23(20,21)18(16-7-5-4-6-8-16)13-14-9-11-15(12-10-14)17(19)22-2;1-2-4-5-3-1/h2-4,7-12H,5-6,13-17H2,1H3;3-12H,1,13H2,2H3;1-5H2. The van der Waals surface area contributed by atoms with Gasteiger partial charge in [-0.2, -0.15) is 0 Å².